The van der Waals surface area contributed by atoms with Crippen molar-refractivity contribution in [3.05, 3.63) is 93.0 Å². The van der Waals surface area contributed by atoms with Crippen LogP contribution in [0.1, 0.15) is 14.7 Å². The predicted octanol–water partition coefficient (Wildman–Crippen LogP) is 5.90. The van der Waals surface area contributed by atoms with Gasteiger partial charge in [0.15, 0.2) is 5.78 Å². The number of allylic oxidation sites excluding steroid dienone is 6. The zero-order chi connectivity index (χ0) is 19.1. The molecule has 1 aromatic carbocycles. The average Bonchev–Trinajstić information content (AvgIpc) is 3.47. The van der Waals surface area contributed by atoms with Crippen LogP contribution in [0.15, 0.2) is 83.1 Å². The molecule has 3 aromatic rings. The number of nitrogens with zero attached hydrogens (tertiary/aromatic N) is 1. The number of rotatable bonds is 4. The maximum atomic E-state index is 13.1. The lowest BCUT2D eigenvalue weighted by Gasteiger charge is -2.18. The van der Waals surface area contributed by atoms with Gasteiger partial charge in [0.05, 0.1) is 22.2 Å². The van der Waals surface area contributed by atoms with E-state index in [9.17, 15) is 4.79 Å². The van der Waals surface area contributed by atoms with Gasteiger partial charge in [-0.15, -0.1) is 22.7 Å². The van der Waals surface area contributed by atoms with Crippen LogP contribution in [0.2, 0.25) is 0 Å². The second-order valence-corrected chi connectivity index (χ2v) is 8.54. The smallest absolute Gasteiger partial charge is 0.182 e. The Balaban J connectivity index is 1.57. The van der Waals surface area contributed by atoms with Gasteiger partial charge in [-0.05, 0) is 17.0 Å². The second kappa shape index (κ2) is 6.93. The summed E-state index contributed by atoms with van der Waals surface area (Å²) < 4.78 is 0. The van der Waals surface area contributed by atoms with Crippen LogP contribution in [0.3, 0.4) is 0 Å². The maximum Gasteiger partial charge on any atom is 0.182 e. The summed E-state index contributed by atoms with van der Waals surface area (Å²) in [5.74, 6) is -0.544. The van der Waals surface area contributed by atoms with Gasteiger partial charge in [0.2, 0.25) is 0 Å². The van der Waals surface area contributed by atoms with E-state index in [1.54, 1.807) is 0 Å². The van der Waals surface area contributed by atoms with E-state index in [0.29, 0.717) is 10.6 Å². The minimum atomic E-state index is -0.478. The van der Waals surface area contributed by atoms with E-state index in [2.05, 4.69) is 0 Å². The van der Waals surface area contributed by atoms with Crippen LogP contribution in [0.25, 0.3) is 16.8 Å². The van der Waals surface area contributed by atoms with Gasteiger partial charge in [0.25, 0.3) is 0 Å². The Morgan fingerprint density at radius 2 is 1.89 bits per heavy atom. The number of Topliss-reactive ketones (excluding diaryl/α,β-unsaturated/α-hetero) is 1. The first kappa shape index (κ1) is 17.2. The number of benzene rings is 1. The van der Waals surface area contributed by atoms with E-state index in [1.807, 2.05) is 77.5 Å². The van der Waals surface area contributed by atoms with Crippen molar-refractivity contribution in [1.82, 2.24) is 4.98 Å². The van der Waals surface area contributed by atoms with Crippen molar-refractivity contribution in [1.29, 1.82) is 5.41 Å². The lowest BCUT2D eigenvalue weighted by molar-refractivity contribution is 0.0948. The number of aromatic nitrogens is 1. The molecule has 2 atom stereocenters. The first-order valence-electron chi connectivity index (χ1n) is 9.01. The van der Waals surface area contributed by atoms with Crippen LogP contribution in [-0.4, -0.2) is 16.5 Å². The fourth-order valence-corrected chi connectivity index (χ4v) is 5.44. The van der Waals surface area contributed by atoms with Crippen LogP contribution in [-0.2, 0) is 0 Å². The number of ketones is 1. The van der Waals surface area contributed by atoms with Crippen molar-refractivity contribution in [3.63, 3.8) is 0 Å². The summed E-state index contributed by atoms with van der Waals surface area (Å²) in [6, 6.07) is 13.8. The summed E-state index contributed by atoms with van der Waals surface area (Å²) in [7, 11) is 0. The Labute approximate surface area is 170 Å². The number of thiazole rings is 1. The number of fused-ring (bicyclic) bond motifs is 1. The van der Waals surface area contributed by atoms with Crippen LogP contribution in [0.4, 0.5) is 0 Å². The topological polar surface area (TPSA) is 53.8 Å². The van der Waals surface area contributed by atoms with Crippen LogP contribution < -0.4 is 0 Å². The molecule has 0 radical (unpaired) electrons. The summed E-state index contributed by atoms with van der Waals surface area (Å²) in [5.41, 5.74) is 4.18. The molecule has 0 fully saturated rings. The number of hydrogen-bond donors (Lipinski definition) is 1. The highest BCUT2D eigenvalue weighted by molar-refractivity contribution is 7.12. The van der Waals surface area contributed by atoms with Gasteiger partial charge in [0, 0.05) is 22.4 Å². The standard InChI is InChI=1S/C23H16N2OS2/c24-21-19(22(26)18-11-6-12-27-18)15-9-4-5-10-16(15)20(21)23-25-17(13-28-23)14-7-2-1-3-8-14/h1-13,15,19,24H/t15-,19-/m1/s1. The molecule has 0 saturated heterocycles. The summed E-state index contributed by atoms with van der Waals surface area (Å²) in [6.07, 6.45) is 8.01. The molecule has 2 aliphatic rings. The van der Waals surface area contributed by atoms with E-state index >= 15 is 0 Å². The molecule has 2 aliphatic carbocycles. The normalized spacial score (nSPS) is 20.6. The minimum absolute atomic E-state index is 0.0253. The molecule has 0 aliphatic heterocycles. The Bertz CT molecular complexity index is 1150. The van der Waals surface area contributed by atoms with Gasteiger partial charge >= 0.3 is 0 Å². The Morgan fingerprint density at radius 1 is 1.04 bits per heavy atom. The molecule has 1 N–H and O–H groups in total. The van der Waals surface area contributed by atoms with E-state index in [-0.39, 0.29) is 11.7 Å². The number of carbonyl (C=O) groups excluding carboxylic acids is 1. The molecule has 136 valence electrons. The minimum Gasteiger partial charge on any atom is -0.304 e. The lowest BCUT2D eigenvalue weighted by Crippen LogP contribution is -2.25. The number of thiophene rings is 1. The highest BCUT2D eigenvalue weighted by atomic mass is 32.1. The third-order valence-electron chi connectivity index (χ3n) is 5.13. The van der Waals surface area contributed by atoms with Crippen LogP contribution in [0, 0.1) is 17.2 Å². The molecule has 5 rings (SSSR count). The maximum absolute atomic E-state index is 13.1. The number of nitrogens with one attached hydrogen (secondary N) is 1. The zero-order valence-corrected chi connectivity index (χ0v) is 16.5. The molecule has 28 heavy (non-hydrogen) atoms. The monoisotopic (exact) mass is 400 g/mol. The molecule has 0 amide bonds. The molecule has 0 bridgehead atoms. The largest absolute Gasteiger partial charge is 0.304 e. The molecule has 2 heterocycles. The van der Waals surface area contributed by atoms with E-state index in [4.69, 9.17) is 10.4 Å². The molecular weight excluding hydrogens is 384 g/mol. The van der Waals surface area contributed by atoms with Crippen molar-refractivity contribution in [2.75, 3.05) is 0 Å². The fraction of sp³-hybridized carbons (Fsp3) is 0.0870. The zero-order valence-electron chi connectivity index (χ0n) is 14.8. The van der Waals surface area contributed by atoms with Crippen molar-refractivity contribution in [2.45, 2.75) is 0 Å². The van der Waals surface area contributed by atoms with Gasteiger partial charge in [-0.1, -0.05) is 60.7 Å². The molecule has 3 nitrogen and oxygen atoms in total. The summed E-state index contributed by atoms with van der Waals surface area (Å²) in [6.45, 7) is 0. The van der Waals surface area contributed by atoms with Gasteiger partial charge in [0.1, 0.15) is 5.01 Å². The summed E-state index contributed by atoms with van der Waals surface area (Å²) in [4.78, 5) is 18.7. The summed E-state index contributed by atoms with van der Waals surface area (Å²) in [5, 5.41) is 13.6. The van der Waals surface area contributed by atoms with Gasteiger partial charge in [-0.25, -0.2) is 4.98 Å². The second-order valence-electron chi connectivity index (χ2n) is 6.74. The summed E-state index contributed by atoms with van der Waals surface area (Å²) >= 11 is 2.97. The van der Waals surface area contributed by atoms with Crippen LogP contribution >= 0.6 is 22.7 Å². The highest BCUT2D eigenvalue weighted by Gasteiger charge is 2.43. The number of carbonyl (C=O) groups is 1. The SMILES string of the molecule is N=C1C(c2nc(-c3ccccc3)cs2)=C2C=CC=C[C@H]2[C@H]1C(=O)c1cccs1. The van der Waals surface area contributed by atoms with E-state index < -0.39 is 5.92 Å². The fourth-order valence-electron chi connectivity index (χ4n) is 3.82. The van der Waals surface area contributed by atoms with Gasteiger partial charge in [-0.2, -0.15) is 0 Å². The molecule has 5 heteroatoms. The molecule has 2 aromatic heterocycles. The van der Waals surface area contributed by atoms with Gasteiger partial charge in [-0.3, -0.25) is 4.79 Å². The Morgan fingerprint density at radius 3 is 2.68 bits per heavy atom. The lowest BCUT2D eigenvalue weighted by atomic mass is 9.84. The molecule has 0 saturated carbocycles. The molecule has 0 unspecified atom stereocenters. The highest BCUT2D eigenvalue weighted by Crippen LogP contribution is 2.45. The van der Waals surface area contributed by atoms with E-state index in [1.165, 1.54) is 22.7 Å². The van der Waals surface area contributed by atoms with Crippen molar-refractivity contribution >= 4 is 39.7 Å². The molecule has 0 spiro atoms. The number of hydrogen-bond acceptors (Lipinski definition) is 5. The quantitative estimate of drug-likeness (QED) is 0.554. The predicted molar refractivity (Wildman–Crippen MR) is 116 cm³/mol. The first-order valence-corrected chi connectivity index (χ1v) is 10.8. The van der Waals surface area contributed by atoms with Gasteiger partial charge < -0.3 is 5.41 Å². The van der Waals surface area contributed by atoms with E-state index in [0.717, 1.165) is 27.4 Å². The third-order valence-corrected chi connectivity index (χ3v) is 6.87. The van der Waals surface area contributed by atoms with Crippen LogP contribution in [0.5, 0.6) is 0 Å². The molecular formula is C23H16N2OS2. The van der Waals surface area contributed by atoms with Crippen molar-refractivity contribution in [3.8, 4) is 11.3 Å². The Hall–Kier alpha value is -2.89. The van der Waals surface area contributed by atoms with Crippen molar-refractivity contribution < 1.29 is 4.79 Å². The first-order chi connectivity index (χ1) is 13.7. The van der Waals surface area contributed by atoms with Crippen molar-refractivity contribution in [2.24, 2.45) is 11.8 Å². The third kappa shape index (κ3) is 2.75. The Kier molecular flexibility index (Phi) is 4.26. The average molecular weight is 401 g/mol.